The minimum Gasteiger partial charge on any atom is -0.412 e. The molecule has 0 aliphatic carbocycles. The molecule has 1 aliphatic rings. The fraction of sp³-hybridized carbons (Fsp3) is 0.429. The van der Waals surface area contributed by atoms with E-state index in [0.29, 0.717) is 32.0 Å². The third-order valence-corrected chi connectivity index (χ3v) is 8.07. The maximum absolute atomic E-state index is 13.2. The molecule has 1 amide bonds. The van der Waals surface area contributed by atoms with Gasteiger partial charge >= 0.3 is 0 Å². The van der Waals surface area contributed by atoms with E-state index in [1.54, 1.807) is 6.26 Å². The largest absolute Gasteiger partial charge is 0.412 e. The number of hydrogen-bond acceptors (Lipinski definition) is 4. The zero-order valence-electron chi connectivity index (χ0n) is 21.8. The van der Waals surface area contributed by atoms with E-state index in [1.807, 2.05) is 41.1 Å². The van der Waals surface area contributed by atoms with Gasteiger partial charge < -0.3 is 15.4 Å². The quantitative estimate of drug-likeness (QED) is 0.415. The van der Waals surface area contributed by atoms with Crippen molar-refractivity contribution in [2.24, 2.45) is 0 Å². The number of carbonyl (C=O) groups is 1. The second-order valence-electron chi connectivity index (χ2n) is 9.52. The van der Waals surface area contributed by atoms with Crippen LogP contribution >= 0.6 is 0 Å². The van der Waals surface area contributed by atoms with Crippen molar-refractivity contribution in [3.63, 3.8) is 0 Å². The highest BCUT2D eigenvalue weighted by molar-refractivity contribution is 7.81. The second-order valence-corrected chi connectivity index (χ2v) is 10.8. The number of carbonyl (C=O) groups excluding carboxylic acids is 1. The highest BCUT2D eigenvalue weighted by Gasteiger charge is 2.34. The van der Waals surface area contributed by atoms with Gasteiger partial charge in [-0.05, 0) is 30.0 Å². The Balaban J connectivity index is 0.00000380. The van der Waals surface area contributed by atoms with Crippen molar-refractivity contribution in [2.45, 2.75) is 38.3 Å². The fourth-order valence-electron chi connectivity index (χ4n) is 4.78. The Morgan fingerprint density at radius 3 is 2.51 bits per heavy atom. The van der Waals surface area contributed by atoms with E-state index >= 15 is 0 Å². The van der Waals surface area contributed by atoms with Gasteiger partial charge in [-0.2, -0.15) is 0 Å². The first kappa shape index (κ1) is 28.7. The molecular formula is C28H39N5O3S. The number of piperazine rings is 1. The van der Waals surface area contributed by atoms with Gasteiger partial charge in [0.15, 0.2) is 0 Å². The van der Waals surface area contributed by atoms with Gasteiger partial charge in [0.25, 0.3) is 0 Å². The monoisotopic (exact) mass is 525 g/mol. The number of amides is 1. The van der Waals surface area contributed by atoms with E-state index in [1.165, 1.54) is 11.1 Å². The molecule has 8 nitrogen and oxygen atoms in total. The molecular weight excluding hydrogens is 486 g/mol. The van der Waals surface area contributed by atoms with Crippen LogP contribution in [0.2, 0.25) is 0 Å². The normalized spacial score (nSPS) is 18.1. The summed E-state index contributed by atoms with van der Waals surface area (Å²) < 4.78 is 16.3. The van der Waals surface area contributed by atoms with E-state index in [0.717, 1.165) is 31.7 Å². The van der Waals surface area contributed by atoms with Crippen molar-refractivity contribution in [1.82, 2.24) is 24.1 Å². The molecule has 1 aliphatic heterocycles. The Morgan fingerprint density at radius 1 is 1.11 bits per heavy atom. The fourth-order valence-corrected chi connectivity index (χ4v) is 5.64. The van der Waals surface area contributed by atoms with Crippen LogP contribution in [0.3, 0.4) is 0 Å². The van der Waals surface area contributed by atoms with Crippen molar-refractivity contribution in [1.29, 1.82) is 0 Å². The predicted octanol–water partition coefficient (Wildman–Crippen LogP) is 2.24. The average Bonchev–Trinajstić information content (AvgIpc) is 3.34. The van der Waals surface area contributed by atoms with Crippen LogP contribution in [0.5, 0.6) is 0 Å². The molecule has 1 aromatic heterocycles. The molecule has 1 fully saturated rings. The Bertz CT molecular complexity index is 1130. The van der Waals surface area contributed by atoms with Gasteiger partial charge in [-0.15, -0.1) is 0 Å². The van der Waals surface area contributed by atoms with Crippen LogP contribution in [-0.2, 0) is 28.7 Å². The Kier molecular flexibility index (Phi) is 11.0. The highest BCUT2D eigenvalue weighted by Crippen LogP contribution is 2.20. The summed E-state index contributed by atoms with van der Waals surface area (Å²) in [5.74, 6) is 0.401. The van der Waals surface area contributed by atoms with Crippen molar-refractivity contribution in [3.8, 4) is 0 Å². The van der Waals surface area contributed by atoms with Crippen LogP contribution in [0.25, 0.3) is 0 Å². The van der Waals surface area contributed by atoms with Gasteiger partial charge in [0.1, 0.15) is 6.04 Å². The zero-order chi connectivity index (χ0) is 25.3. The molecule has 200 valence electrons. The first-order chi connectivity index (χ1) is 17.5. The smallest absolute Gasteiger partial charge is 0.239 e. The topological polar surface area (TPSA) is 102 Å². The first-order valence-electron chi connectivity index (χ1n) is 12.7. The summed E-state index contributed by atoms with van der Waals surface area (Å²) in [6, 6.07) is 20.4. The van der Waals surface area contributed by atoms with Crippen LogP contribution in [-0.4, -0.2) is 79.4 Å². The van der Waals surface area contributed by atoms with Crippen LogP contribution < -0.4 is 5.32 Å². The second kappa shape index (κ2) is 14.2. The molecule has 1 saturated heterocycles. The van der Waals surface area contributed by atoms with Crippen molar-refractivity contribution in [3.05, 3.63) is 90.0 Å². The summed E-state index contributed by atoms with van der Waals surface area (Å²) in [7, 11) is -1.19. The Morgan fingerprint density at radius 2 is 1.81 bits per heavy atom. The predicted molar refractivity (Wildman–Crippen MR) is 149 cm³/mol. The van der Waals surface area contributed by atoms with Gasteiger partial charge in [-0.3, -0.25) is 9.69 Å². The highest BCUT2D eigenvalue weighted by atomic mass is 32.2. The van der Waals surface area contributed by atoms with E-state index < -0.39 is 17.0 Å². The molecule has 3 atom stereocenters. The van der Waals surface area contributed by atoms with E-state index in [4.69, 9.17) is 0 Å². The maximum Gasteiger partial charge on any atom is 0.239 e. The molecule has 3 unspecified atom stereocenters. The minimum atomic E-state index is -1.19. The standard InChI is InChI=1S/C28H37N5O2S.H2O/c1-23(25-11-7-4-8-12-25)14-16-31-17-18-33(36(2)35)27(21-31)28(34)30-15-13-26-19-29-22-32(26)20-24-9-5-3-6-10-24;/h3-12,19,22-23,27H,13-18,20-21H2,1-2H3,(H,30,34);1H2. The van der Waals surface area contributed by atoms with E-state index in [2.05, 4.69) is 63.1 Å². The van der Waals surface area contributed by atoms with Gasteiger partial charge in [0.2, 0.25) is 5.91 Å². The molecule has 0 spiro atoms. The summed E-state index contributed by atoms with van der Waals surface area (Å²) in [4.78, 5) is 19.8. The third kappa shape index (κ3) is 8.07. The third-order valence-electron chi connectivity index (χ3n) is 6.97. The molecule has 9 heteroatoms. The van der Waals surface area contributed by atoms with E-state index in [9.17, 15) is 9.00 Å². The molecule has 0 radical (unpaired) electrons. The Hall–Kier alpha value is -2.85. The molecule has 0 saturated carbocycles. The van der Waals surface area contributed by atoms with Crippen LogP contribution in [0.15, 0.2) is 73.2 Å². The average molecular weight is 526 g/mol. The molecule has 2 aromatic carbocycles. The first-order valence-corrected chi connectivity index (χ1v) is 14.2. The lowest BCUT2D eigenvalue weighted by Crippen LogP contribution is -2.59. The summed E-state index contributed by atoms with van der Waals surface area (Å²) in [5.41, 5.74) is 3.63. The molecule has 0 bridgehead atoms. The van der Waals surface area contributed by atoms with Gasteiger partial charge in [0, 0.05) is 57.3 Å². The van der Waals surface area contributed by atoms with Crippen LogP contribution in [0, 0.1) is 0 Å². The summed E-state index contributed by atoms with van der Waals surface area (Å²) in [5, 5.41) is 3.10. The van der Waals surface area contributed by atoms with Gasteiger partial charge in [-0.1, -0.05) is 67.6 Å². The maximum atomic E-state index is 13.2. The van der Waals surface area contributed by atoms with Crippen LogP contribution in [0.1, 0.15) is 36.1 Å². The molecule has 3 aromatic rings. The zero-order valence-corrected chi connectivity index (χ0v) is 22.6. The summed E-state index contributed by atoms with van der Waals surface area (Å²) in [6.45, 7) is 6.49. The number of rotatable bonds is 11. The molecule has 3 N–H and O–H groups in total. The summed E-state index contributed by atoms with van der Waals surface area (Å²) >= 11 is 0. The summed E-state index contributed by atoms with van der Waals surface area (Å²) in [6.07, 6.45) is 7.08. The lowest BCUT2D eigenvalue weighted by atomic mass is 9.97. The number of nitrogens with zero attached hydrogens (tertiary/aromatic N) is 4. The number of imidazole rings is 1. The van der Waals surface area contributed by atoms with Crippen molar-refractivity contribution in [2.75, 3.05) is 39.0 Å². The van der Waals surface area contributed by atoms with Crippen molar-refractivity contribution < 1.29 is 14.5 Å². The minimum absolute atomic E-state index is 0. The van der Waals surface area contributed by atoms with Crippen LogP contribution in [0.4, 0.5) is 0 Å². The van der Waals surface area contributed by atoms with Crippen molar-refractivity contribution >= 4 is 16.9 Å². The SMILES string of the molecule is CC(CCN1CCN(S(C)=O)C(C(=O)NCCc2cncn2Cc2ccccc2)C1)c1ccccc1.O. The lowest BCUT2D eigenvalue weighted by Gasteiger charge is -2.39. The van der Waals surface area contributed by atoms with E-state index in [-0.39, 0.29) is 11.4 Å². The number of benzene rings is 2. The molecule has 4 rings (SSSR count). The lowest BCUT2D eigenvalue weighted by molar-refractivity contribution is -0.126. The number of hydrogen-bond donors (Lipinski definition) is 1. The van der Waals surface area contributed by atoms with Gasteiger partial charge in [-0.25, -0.2) is 13.5 Å². The Labute approximate surface area is 222 Å². The number of aromatic nitrogens is 2. The molecule has 37 heavy (non-hydrogen) atoms. The molecule has 2 heterocycles. The number of nitrogens with one attached hydrogen (secondary N) is 1. The van der Waals surface area contributed by atoms with Gasteiger partial charge in [0.05, 0.1) is 17.3 Å².